The summed E-state index contributed by atoms with van der Waals surface area (Å²) in [6.07, 6.45) is 3.79. The minimum atomic E-state index is -0.176. The monoisotopic (exact) mass is 548 g/mol. The Kier molecular flexibility index (Phi) is 6.08. The Balaban J connectivity index is 1.54. The van der Waals surface area contributed by atoms with Crippen LogP contribution >= 0.6 is 50.8 Å². The molecule has 1 atom stereocenters. The van der Waals surface area contributed by atoms with E-state index in [4.69, 9.17) is 9.72 Å². The zero-order valence-corrected chi connectivity index (χ0v) is 21.9. The largest absolute Gasteiger partial charge is 0.369 e. The summed E-state index contributed by atoms with van der Waals surface area (Å²) in [6.45, 7) is 4.94. The number of hydrogen-bond donors (Lipinski definition) is 0. The van der Waals surface area contributed by atoms with Crippen LogP contribution in [0.15, 0.2) is 39.1 Å². The van der Waals surface area contributed by atoms with Gasteiger partial charge in [0.05, 0.1) is 23.3 Å². The molecule has 1 unspecified atom stereocenters. The number of fused-ring (bicyclic) bond motifs is 5. The van der Waals surface area contributed by atoms with Crippen molar-refractivity contribution in [3.63, 3.8) is 0 Å². The standard InChI is InChI=1S/C22H21BrN4O2S3/c1-4-22(2)9-14-16(10-29-22)32-19-17(14)18-25-26-21(27(18)20(24-19)30-3)31-11-15(28)12-5-7-13(23)8-6-12/h5-8H,4,9-11H2,1-3H3. The second kappa shape index (κ2) is 8.72. The van der Waals surface area contributed by atoms with Crippen LogP contribution in [0.1, 0.15) is 41.1 Å². The van der Waals surface area contributed by atoms with Crippen LogP contribution in [0.4, 0.5) is 0 Å². The summed E-state index contributed by atoms with van der Waals surface area (Å²) < 4.78 is 9.10. The summed E-state index contributed by atoms with van der Waals surface area (Å²) in [5.41, 5.74) is 2.60. The van der Waals surface area contributed by atoms with Crippen molar-refractivity contribution in [1.82, 2.24) is 19.6 Å². The molecule has 166 valence electrons. The molecule has 0 saturated heterocycles. The lowest BCUT2D eigenvalue weighted by Gasteiger charge is -2.32. The third-order valence-electron chi connectivity index (χ3n) is 5.85. The lowest BCUT2D eigenvalue weighted by molar-refractivity contribution is -0.0542. The number of carbonyl (C=O) groups excluding carboxylic acids is 1. The van der Waals surface area contributed by atoms with Gasteiger partial charge in [0.1, 0.15) is 4.83 Å². The highest BCUT2D eigenvalue weighted by Gasteiger charge is 2.33. The number of thioether (sulfide) groups is 2. The molecule has 0 aliphatic carbocycles. The number of nitrogens with zero attached hydrogens (tertiary/aromatic N) is 4. The minimum absolute atomic E-state index is 0.0581. The molecule has 1 aromatic carbocycles. The fourth-order valence-electron chi connectivity index (χ4n) is 3.82. The third-order valence-corrected chi connectivity index (χ3v) is 9.05. The van der Waals surface area contributed by atoms with Gasteiger partial charge in [-0.05, 0) is 37.3 Å². The first-order chi connectivity index (χ1) is 15.4. The second-order valence-corrected chi connectivity index (χ2v) is 11.6. The summed E-state index contributed by atoms with van der Waals surface area (Å²) in [4.78, 5) is 19.8. The highest BCUT2D eigenvalue weighted by molar-refractivity contribution is 9.10. The Morgan fingerprint density at radius 1 is 1.28 bits per heavy atom. The van der Waals surface area contributed by atoms with Crippen LogP contribution in [0.25, 0.3) is 15.9 Å². The first-order valence-corrected chi connectivity index (χ1v) is 14.0. The maximum absolute atomic E-state index is 12.7. The predicted molar refractivity (Wildman–Crippen MR) is 134 cm³/mol. The molecule has 0 amide bonds. The Labute approximate surface area is 206 Å². The molecule has 0 bridgehead atoms. The van der Waals surface area contributed by atoms with E-state index in [1.165, 1.54) is 22.2 Å². The van der Waals surface area contributed by atoms with Crippen LogP contribution in [0.2, 0.25) is 0 Å². The first kappa shape index (κ1) is 22.3. The van der Waals surface area contributed by atoms with Crippen molar-refractivity contribution in [2.24, 2.45) is 0 Å². The van der Waals surface area contributed by atoms with Crippen molar-refractivity contribution < 1.29 is 9.53 Å². The summed E-state index contributed by atoms with van der Waals surface area (Å²) in [5, 5.41) is 11.6. The third kappa shape index (κ3) is 3.90. The topological polar surface area (TPSA) is 69.4 Å². The van der Waals surface area contributed by atoms with E-state index >= 15 is 0 Å². The molecule has 32 heavy (non-hydrogen) atoms. The highest BCUT2D eigenvalue weighted by Crippen LogP contribution is 2.42. The normalized spacial score (nSPS) is 18.4. The zero-order valence-electron chi connectivity index (χ0n) is 17.8. The maximum atomic E-state index is 12.7. The number of Topliss-reactive ketones (excluding diaryl/α,β-unsaturated/α-hetero) is 1. The predicted octanol–water partition coefficient (Wildman–Crippen LogP) is 6.04. The number of ketones is 1. The van der Waals surface area contributed by atoms with Gasteiger partial charge in [0.15, 0.2) is 21.7 Å². The molecule has 0 fully saturated rings. The van der Waals surface area contributed by atoms with E-state index in [1.54, 1.807) is 23.1 Å². The van der Waals surface area contributed by atoms with Crippen molar-refractivity contribution in [1.29, 1.82) is 0 Å². The molecule has 0 radical (unpaired) electrons. The Morgan fingerprint density at radius 3 is 2.78 bits per heavy atom. The lowest BCUT2D eigenvalue weighted by Crippen LogP contribution is -2.33. The van der Waals surface area contributed by atoms with E-state index in [-0.39, 0.29) is 17.1 Å². The van der Waals surface area contributed by atoms with Gasteiger partial charge in [-0.25, -0.2) is 9.38 Å². The number of hydrogen-bond acceptors (Lipinski definition) is 8. The molecule has 5 rings (SSSR count). The fraction of sp³-hybridized carbons (Fsp3) is 0.364. The molecule has 10 heteroatoms. The second-order valence-electron chi connectivity index (χ2n) is 7.91. The zero-order chi connectivity index (χ0) is 22.5. The number of carbonyl (C=O) groups is 1. The van der Waals surface area contributed by atoms with E-state index < -0.39 is 0 Å². The van der Waals surface area contributed by atoms with E-state index in [2.05, 4.69) is 40.0 Å². The molecule has 4 heterocycles. The molecule has 3 aromatic heterocycles. The van der Waals surface area contributed by atoms with Gasteiger partial charge in [-0.2, -0.15) is 0 Å². The molecule has 1 aliphatic heterocycles. The van der Waals surface area contributed by atoms with Gasteiger partial charge in [0.2, 0.25) is 0 Å². The van der Waals surface area contributed by atoms with Gasteiger partial charge < -0.3 is 4.74 Å². The van der Waals surface area contributed by atoms with Gasteiger partial charge in [0.25, 0.3) is 0 Å². The van der Waals surface area contributed by atoms with Crippen molar-refractivity contribution in [2.45, 2.75) is 49.2 Å². The van der Waals surface area contributed by atoms with Crippen molar-refractivity contribution >= 4 is 72.4 Å². The molecule has 6 nitrogen and oxygen atoms in total. The fourth-order valence-corrected chi connectivity index (χ4v) is 6.67. The SMILES string of the molecule is CCC1(C)Cc2c(sc3nc(SC)n4c(SCC(=O)c5ccc(Br)cc5)nnc4c23)CO1. The number of ether oxygens (including phenoxy) is 1. The number of halogens is 1. The van der Waals surface area contributed by atoms with Crippen molar-refractivity contribution in [2.75, 3.05) is 12.0 Å². The van der Waals surface area contributed by atoms with Crippen LogP contribution in [-0.4, -0.2) is 43.0 Å². The maximum Gasteiger partial charge on any atom is 0.198 e. The van der Waals surface area contributed by atoms with Crippen molar-refractivity contribution in [3.8, 4) is 0 Å². The summed E-state index contributed by atoms with van der Waals surface area (Å²) in [7, 11) is 0. The first-order valence-electron chi connectivity index (χ1n) is 10.2. The summed E-state index contributed by atoms with van der Waals surface area (Å²) >= 11 is 8.05. The van der Waals surface area contributed by atoms with Gasteiger partial charge >= 0.3 is 0 Å². The average molecular weight is 550 g/mol. The van der Waals surface area contributed by atoms with Gasteiger partial charge in [-0.1, -0.05) is 58.5 Å². The Bertz CT molecular complexity index is 1330. The lowest BCUT2D eigenvalue weighted by atomic mass is 9.90. The van der Waals surface area contributed by atoms with Crippen LogP contribution in [0, 0.1) is 0 Å². The van der Waals surface area contributed by atoms with Crippen LogP contribution < -0.4 is 0 Å². The summed E-state index contributed by atoms with van der Waals surface area (Å²) in [6, 6.07) is 7.42. The molecular weight excluding hydrogens is 528 g/mol. The number of thiophene rings is 1. The van der Waals surface area contributed by atoms with Gasteiger partial charge in [0, 0.05) is 21.3 Å². The number of benzene rings is 1. The number of rotatable bonds is 6. The molecule has 0 N–H and O–H groups in total. The number of aromatic nitrogens is 4. The Hall–Kier alpha value is -1.46. The molecule has 1 aliphatic rings. The molecule has 0 spiro atoms. The van der Waals surface area contributed by atoms with E-state index in [0.717, 1.165) is 38.3 Å². The smallest absolute Gasteiger partial charge is 0.198 e. The van der Waals surface area contributed by atoms with Crippen LogP contribution in [0.5, 0.6) is 0 Å². The van der Waals surface area contributed by atoms with E-state index in [9.17, 15) is 4.79 Å². The minimum Gasteiger partial charge on any atom is -0.369 e. The average Bonchev–Trinajstić information content (AvgIpc) is 3.38. The molecule has 0 saturated carbocycles. The quantitative estimate of drug-likeness (QED) is 0.165. The molecule has 4 aromatic rings. The van der Waals surface area contributed by atoms with Crippen LogP contribution in [-0.2, 0) is 17.8 Å². The highest BCUT2D eigenvalue weighted by atomic mass is 79.9. The van der Waals surface area contributed by atoms with Gasteiger partial charge in [-0.15, -0.1) is 21.5 Å². The van der Waals surface area contributed by atoms with Gasteiger partial charge in [-0.3, -0.25) is 4.79 Å². The van der Waals surface area contributed by atoms with E-state index in [0.29, 0.717) is 17.3 Å². The molecular formula is C22H21BrN4O2S3. The van der Waals surface area contributed by atoms with Crippen LogP contribution in [0.3, 0.4) is 0 Å². The van der Waals surface area contributed by atoms with E-state index in [1.807, 2.05) is 34.9 Å². The summed E-state index contributed by atoms with van der Waals surface area (Å²) in [5.74, 6) is 0.348. The Morgan fingerprint density at radius 2 is 2.06 bits per heavy atom. The van der Waals surface area contributed by atoms with Crippen molar-refractivity contribution in [3.05, 3.63) is 44.7 Å².